The molecule has 0 aliphatic heterocycles. The summed E-state index contributed by atoms with van der Waals surface area (Å²) < 4.78 is 11.8. The number of carbonyl (C=O) groups is 2. The van der Waals surface area contributed by atoms with Crippen molar-refractivity contribution in [3.05, 3.63) is 69.6 Å². The van der Waals surface area contributed by atoms with Gasteiger partial charge in [-0.1, -0.05) is 12.1 Å². The number of nitrogens with zero attached hydrogens (tertiary/aromatic N) is 2. The molecule has 0 saturated carbocycles. The second kappa shape index (κ2) is 9.88. The van der Waals surface area contributed by atoms with Gasteiger partial charge in [0.15, 0.2) is 6.61 Å². The van der Waals surface area contributed by atoms with E-state index in [9.17, 15) is 14.4 Å². The SMILES string of the molecule is CCn1c(=O)c(C)nc2cc(C(=O)OCC(=O)NCCc3ccc(OC)cc3)ccc21. The molecule has 8 nitrogen and oxygen atoms in total. The Morgan fingerprint density at radius 2 is 1.87 bits per heavy atom. The van der Waals surface area contributed by atoms with E-state index in [1.807, 2.05) is 31.2 Å². The van der Waals surface area contributed by atoms with Crippen LogP contribution in [0, 0.1) is 6.92 Å². The first kappa shape index (κ1) is 22.0. The third kappa shape index (κ3) is 5.28. The van der Waals surface area contributed by atoms with Gasteiger partial charge < -0.3 is 19.4 Å². The van der Waals surface area contributed by atoms with Crippen molar-refractivity contribution < 1.29 is 19.1 Å². The molecular weight excluding hydrogens is 398 g/mol. The highest BCUT2D eigenvalue weighted by Gasteiger charge is 2.13. The monoisotopic (exact) mass is 423 g/mol. The second-order valence-electron chi connectivity index (χ2n) is 6.97. The lowest BCUT2D eigenvalue weighted by atomic mass is 10.1. The number of ether oxygens (including phenoxy) is 2. The number of carbonyl (C=O) groups excluding carboxylic acids is 2. The van der Waals surface area contributed by atoms with Gasteiger partial charge in [-0.2, -0.15) is 0 Å². The van der Waals surface area contributed by atoms with Gasteiger partial charge in [-0.15, -0.1) is 0 Å². The Hall–Kier alpha value is -3.68. The number of amides is 1. The lowest BCUT2D eigenvalue weighted by molar-refractivity contribution is -0.124. The van der Waals surface area contributed by atoms with Gasteiger partial charge in [0.1, 0.15) is 11.4 Å². The topological polar surface area (TPSA) is 99.5 Å². The summed E-state index contributed by atoms with van der Waals surface area (Å²) >= 11 is 0. The highest BCUT2D eigenvalue weighted by Crippen LogP contribution is 2.14. The number of rotatable bonds is 8. The Bertz CT molecular complexity index is 1150. The first-order valence-electron chi connectivity index (χ1n) is 10.0. The molecule has 3 rings (SSSR count). The van der Waals surface area contributed by atoms with Crippen molar-refractivity contribution in [2.75, 3.05) is 20.3 Å². The number of nitrogens with one attached hydrogen (secondary N) is 1. The zero-order chi connectivity index (χ0) is 22.4. The first-order chi connectivity index (χ1) is 14.9. The summed E-state index contributed by atoms with van der Waals surface area (Å²) in [5.41, 5.74) is 2.70. The van der Waals surface area contributed by atoms with Crippen LogP contribution in [0.2, 0.25) is 0 Å². The predicted molar refractivity (Wildman–Crippen MR) is 116 cm³/mol. The minimum atomic E-state index is -0.624. The normalized spacial score (nSPS) is 10.7. The van der Waals surface area contributed by atoms with E-state index in [-0.39, 0.29) is 23.6 Å². The second-order valence-corrected chi connectivity index (χ2v) is 6.97. The summed E-state index contributed by atoms with van der Waals surface area (Å²) in [6.45, 7) is 4.06. The molecule has 0 aliphatic carbocycles. The number of hydrogen-bond acceptors (Lipinski definition) is 6. The molecule has 2 aromatic carbocycles. The van der Waals surface area contributed by atoms with Crippen molar-refractivity contribution in [3.63, 3.8) is 0 Å². The standard InChI is InChI=1S/C23H25N3O5/c1-4-26-20-10-7-17(13-19(20)25-15(2)22(26)28)23(29)31-14-21(27)24-12-11-16-5-8-18(30-3)9-6-16/h5-10,13H,4,11-12,14H2,1-3H3,(H,24,27). The Morgan fingerprint density at radius 1 is 1.13 bits per heavy atom. The number of aromatic nitrogens is 2. The summed E-state index contributed by atoms with van der Waals surface area (Å²) in [4.78, 5) is 40.8. The van der Waals surface area contributed by atoms with Crippen LogP contribution in [0.5, 0.6) is 5.75 Å². The minimum absolute atomic E-state index is 0.156. The summed E-state index contributed by atoms with van der Waals surface area (Å²) in [6.07, 6.45) is 0.651. The van der Waals surface area contributed by atoms with Gasteiger partial charge in [0.25, 0.3) is 11.5 Å². The van der Waals surface area contributed by atoms with E-state index in [4.69, 9.17) is 9.47 Å². The maximum atomic E-state index is 12.3. The molecule has 162 valence electrons. The number of fused-ring (bicyclic) bond motifs is 1. The predicted octanol–water partition coefficient (Wildman–Crippen LogP) is 2.25. The third-order valence-corrected chi connectivity index (χ3v) is 4.89. The summed E-state index contributed by atoms with van der Waals surface area (Å²) in [6, 6.07) is 12.4. The van der Waals surface area contributed by atoms with Crippen molar-refractivity contribution >= 4 is 22.9 Å². The van der Waals surface area contributed by atoms with Crippen molar-refractivity contribution in [2.24, 2.45) is 0 Å². The number of esters is 1. The van der Waals surface area contributed by atoms with Crippen LogP contribution in [-0.2, 0) is 22.5 Å². The molecule has 1 N–H and O–H groups in total. The van der Waals surface area contributed by atoms with Crippen LogP contribution in [0.1, 0.15) is 28.5 Å². The van der Waals surface area contributed by atoms with Crippen molar-refractivity contribution in [1.29, 1.82) is 0 Å². The van der Waals surface area contributed by atoms with E-state index in [2.05, 4.69) is 10.3 Å². The van der Waals surface area contributed by atoms with E-state index in [1.165, 1.54) is 0 Å². The number of benzene rings is 2. The molecule has 3 aromatic rings. The van der Waals surface area contributed by atoms with E-state index in [0.29, 0.717) is 36.2 Å². The molecular formula is C23H25N3O5. The summed E-state index contributed by atoms with van der Waals surface area (Å²) in [7, 11) is 1.61. The smallest absolute Gasteiger partial charge is 0.338 e. The Kier molecular flexibility index (Phi) is 7.02. The zero-order valence-corrected chi connectivity index (χ0v) is 17.8. The molecule has 0 spiro atoms. The van der Waals surface area contributed by atoms with E-state index < -0.39 is 5.97 Å². The first-order valence-corrected chi connectivity index (χ1v) is 10.0. The van der Waals surface area contributed by atoms with Crippen LogP contribution in [-0.4, -0.2) is 41.7 Å². The van der Waals surface area contributed by atoms with Gasteiger partial charge in [-0.3, -0.25) is 9.59 Å². The highest BCUT2D eigenvalue weighted by atomic mass is 16.5. The third-order valence-electron chi connectivity index (χ3n) is 4.89. The minimum Gasteiger partial charge on any atom is -0.497 e. The number of hydrogen-bond donors (Lipinski definition) is 1. The van der Waals surface area contributed by atoms with E-state index in [1.54, 1.807) is 36.8 Å². The molecule has 0 radical (unpaired) electrons. The van der Waals surface area contributed by atoms with Crippen molar-refractivity contribution in [3.8, 4) is 5.75 Å². The van der Waals surface area contributed by atoms with E-state index >= 15 is 0 Å². The van der Waals surface area contributed by atoms with Crippen molar-refractivity contribution in [1.82, 2.24) is 14.9 Å². The van der Waals surface area contributed by atoms with Crippen LogP contribution < -0.4 is 15.6 Å². The lowest BCUT2D eigenvalue weighted by Gasteiger charge is -2.10. The van der Waals surface area contributed by atoms with Gasteiger partial charge in [0, 0.05) is 13.1 Å². The highest BCUT2D eigenvalue weighted by molar-refractivity contribution is 5.94. The average molecular weight is 423 g/mol. The number of methoxy groups -OCH3 is 1. The molecule has 0 fully saturated rings. The molecule has 0 bridgehead atoms. The molecule has 1 heterocycles. The molecule has 31 heavy (non-hydrogen) atoms. The molecule has 0 atom stereocenters. The maximum absolute atomic E-state index is 12.3. The largest absolute Gasteiger partial charge is 0.497 e. The Labute approximate surface area is 179 Å². The molecule has 0 saturated heterocycles. The van der Waals surface area contributed by atoms with Crippen LogP contribution in [0.15, 0.2) is 47.3 Å². The molecule has 0 unspecified atom stereocenters. The fourth-order valence-corrected chi connectivity index (χ4v) is 3.22. The van der Waals surface area contributed by atoms with Crippen molar-refractivity contribution in [2.45, 2.75) is 26.8 Å². The van der Waals surface area contributed by atoms with Gasteiger partial charge in [0.05, 0.1) is 23.7 Å². The zero-order valence-electron chi connectivity index (χ0n) is 17.8. The summed E-state index contributed by atoms with van der Waals surface area (Å²) in [5, 5.41) is 2.73. The van der Waals surface area contributed by atoms with Crippen LogP contribution in [0.4, 0.5) is 0 Å². The van der Waals surface area contributed by atoms with Gasteiger partial charge in [-0.05, 0) is 56.2 Å². The van der Waals surface area contributed by atoms with Crippen LogP contribution >= 0.6 is 0 Å². The molecule has 1 amide bonds. The van der Waals surface area contributed by atoms with Gasteiger partial charge in [-0.25, -0.2) is 9.78 Å². The lowest BCUT2D eigenvalue weighted by Crippen LogP contribution is -2.30. The van der Waals surface area contributed by atoms with Gasteiger partial charge in [0.2, 0.25) is 0 Å². The fraction of sp³-hybridized carbons (Fsp3) is 0.304. The van der Waals surface area contributed by atoms with E-state index in [0.717, 1.165) is 11.3 Å². The van der Waals surface area contributed by atoms with Gasteiger partial charge >= 0.3 is 5.97 Å². The molecule has 8 heteroatoms. The molecule has 1 aromatic heterocycles. The quantitative estimate of drug-likeness (QED) is 0.558. The number of aryl methyl sites for hydroxylation is 2. The Balaban J connectivity index is 1.54. The molecule has 0 aliphatic rings. The summed E-state index contributed by atoms with van der Waals surface area (Å²) in [5.74, 6) is -0.228. The Morgan fingerprint density at radius 3 is 2.55 bits per heavy atom. The fourth-order valence-electron chi connectivity index (χ4n) is 3.22. The van der Waals surface area contributed by atoms with Crippen LogP contribution in [0.25, 0.3) is 11.0 Å². The maximum Gasteiger partial charge on any atom is 0.338 e. The average Bonchev–Trinajstić information content (AvgIpc) is 2.78. The van der Waals surface area contributed by atoms with Crippen LogP contribution in [0.3, 0.4) is 0 Å².